The van der Waals surface area contributed by atoms with E-state index in [0.29, 0.717) is 6.54 Å². The Bertz CT molecular complexity index is 1020. The number of carbonyl (C=O) groups is 1. The molecule has 0 aliphatic heterocycles. The molecule has 3 rings (SSSR count). The average Bonchev–Trinajstić information content (AvgIpc) is 3.17. The lowest BCUT2D eigenvalue weighted by atomic mass is 10.2. The van der Waals surface area contributed by atoms with Gasteiger partial charge in [-0.1, -0.05) is 0 Å². The van der Waals surface area contributed by atoms with Crippen LogP contribution < -0.4 is 4.72 Å². The molecule has 9 heteroatoms. The maximum Gasteiger partial charge on any atom is 0.337 e. The van der Waals surface area contributed by atoms with Gasteiger partial charge in [-0.3, -0.25) is 9.67 Å². The Morgan fingerprint density at radius 3 is 2.48 bits per heavy atom. The Morgan fingerprint density at radius 1 is 1.11 bits per heavy atom. The van der Waals surface area contributed by atoms with E-state index in [2.05, 4.69) is 19.5 Å². The van der Waals surface area contributed by atoms with Gasteiger partial charge in [-0.05, 0) is 42.5 Å². The van der Waals surface area contributed by atoms with Gasteiger partial charge in [-0.25, -0.2) is 17.9 Å². The number of methoxy groups -OCH3 is 1. The molecule has 0 unspecified atom stereocenters. The summed E-state index contributed by atoms with van der Waals surface area (Å²) in [6, 6.07) is 11.1. The summed E-state index contributed by atoms with van der Waals surface area (Å²) in [5.41, 5.74) is 2.02. The first-order chi connectivity index (χ1) is 13.0. The van der Waals surface area contributed by atoms with Crippen LogP contribution in [0.2, 0.25) is 0 Å². The first-order valence-electron chi connectivity index (χ1n) is 8.11. The fraction of sp³-hybridized carbons (Fsp3) is 0.167. The van der Waals surface area contributed by atoms with Crippen molar-refractivity contribution in [2.45, 2.75) is 11.4 Å². The third-order valence-corrected chi connectivity index (χ3v) is 5.31. The second-order valence-corrected chi connectivity index (χ2v) is 7.38. The fourth-order valence-corrected chi connectivity index (χ4v) is 3.45. The van der Waals surface area contributed by atoms with Crippen LogP contribution in [0, 0.1) is 0 Å². The first-order valence-corrected chi connectivity index (χ1v) is 9.60. The number of hydrogen-bond acceptors (Lipinski definition) is 6. The van der Waals surface area contributed by atoms with Gasteiger partial charge in [-0.2, -0.15) is 5.10 Å². The van der Waals surface area contributed by atoms with Crippen LogP contribution in [0.1, 0.15) is 10.4 Å². The van der Waals surface area contributed by atoms with Crippen molar-refractivity contribution in [1.82, 2.24) is 19.5 Å². The molecule has 0 radical (unpaired) electrons. The fourth-order valence-electron chi connectivity index (χ4n) is 2.43. The van der Waals surface area contributed by atoms with Gasteiger partial charge in [0.25, 0.3) is 0 Å². The van der Waals surface area contributed by atoms with Crippen LogP contribution in [0.5, 0.6) is 0 Å². The van der Waals surface area contributed by atoms with Gasteiger partial charge >= 0.3 is 5.97 Å². The van der Waals surface area contributed by atoms with Crippen LogP contribution in [0.15, 0.2) is 66.0 Å². The molecule has 0 aliphatic carbocycles. The quantitative estimate of drug-likeness (QED) is 0.620. The van der Waals surface area contributed by atoms with E-state index in [9.17, 15) is 13.2 Å². The van der Waals surface area contributed by atoms with Gasteiger partial charge in [0.2, 0.25) is 10.0 Å². The molecule has 1 aromatic carbocycles. The van der Waals surface area contributed by atoms with Crippen molar-refractivity contribution >= 4 is 16.0 Å². The van der Waals surface area contributed by atoms with Crippen molar-refractivity contribution in [2.24, 2.45) is 0 Å². The van der Waals surface area contributed by atoms with Crippen LogP contribution in [-0.2, 0) is 21.3 Å². The van der Waals surface area contributed by atoms with E-state index in [-0.39, 0.29) is 17.0 Å². The molecule has 0 amide bonds. The lowest BCUT2D eigenvalue weighted by Gasteiger charge is -2.07. The van der Waals surface area contributed by atoms with Gasteiger partial charge in [0, 0.05) is 30.7 Å². The van der Waals surface area contributed by atoms with Crippen molar-refractivity contribution in [3.63, 3.8) is 0 Å². The highest BCUT2D eigenvalue weighted by molar-refractivity contribution is 7.89. The number of carbonyl (C=O) groups excluding carboxylic acids is 1. The SMILES string of the molecule is COC(=O)c1ccc(S(=O)(=O)NCCn2ccc(-c3ccncc3)n2)cc1. The average molecular weight is 386 g/mol. The summed E-state index contributed by atoms with van der Waals surface area (Å²) >= 11 is 0. The zero-order chi connectivity index (χ0) is 19.3. The van der Waals surface area contributed by atoms with E-state index in [0.717, 1.165) is 11.3 Å². The second kappa shape index (κ2) is 8.11. The van der Waals surface area contributed by atoms with Crippen molar-refractivity contribution < 1.29 is 17.9 Å². The van der Waals surface area contributed by atoms with E-state index in [1.807, 2.05) is 18.2 Å². The number of benzene rings is 1. The third-order valence-electron chi connectivity index (χ3n) is 3.84. The summed E-state index contributed by atoms with van der Waals surface area (Å²) in [6.07, 6.45) is 5.16. The molecule has 0 aliphatic rings. The number of pyridine rings is 1. The normalized spacial score (nSPS) is 11.3. The number of sulfonamides is 1. The third kappa shape index (κ3) is 4.57. The predicted molar refractivity (Wildman–Crippen MR) is 98.4 cm³/mol. The number of esters is 1. The Morgan fingerprint density at radius 2 is 1.81 bits per heavy atom. The van der Waals surface area contributed by atoms with Crippen molar-refractivity contribution in [3.05, 3.63) is 66.6 Å². The van der Waals surface area contributed by atoms with Gasteiger partial charge in [0.05, 0.1) is 29.8 Å². The van der Waals surface area contributed by atoms with Crippen LogP contribution >= 0.6 is 0 Å². The molecule has 3 aromatic rings. The van der Waals surface area contributed by atoms with Crippen molar-refractivity contribution in [2.75, 3.05) is 13.7 Å². The summed E-state index contributed by atoms with van der Waals surface area (Å²) in [6.45, 7) is 0.559. The molecule has 0 bridgehead atoms. The lowest BCUT2D eigenvalue weighted by molar-refractivity contribution is 0.0600. The van der Waals surface area contributed by atoms with Crippen LogP contribution in [0.4, 0.5) is 0 Å². The molecule has 0 atom stereocenters. The van der Waals surface area contributed by atoms with E-state index in [1.165, 1.54) is 31.4 Å². The molecule has 1 N–H and O–H groups in total. The molecule has 2 heterocycles. The second-order valence-electron chi connectivity index (χ2n) is 5.61. The number of hydrogen-bond donors (Lipinski definition) is 1. The molecule has 0 saturated carbocycles. The molecule has 27 heavy (non-hydrogen) atoms. The largest absolute Gasteiger partial charge is 0.465 e. The molecule has 8 nitrogen and oxygen atoms in total. The van der Waals surface area contributed by atoms with Gasteiger partial charge in [0.1, 0.15) is 0 Å². The number of aromatic nitrogens is 3. The molecule has 140 valence electrons. The Hall–Kier alpha value is -3.04. The van der Waals surface area contributed by atoms with E-state index < -0.39 is 16.0 Å². The van der Waals surface area contributed by atoms with E-state index >= 15 is 0 Å². The summed E-state index contributed by atoms with van der Waals surface area (Å²) in [4.78, 5) is 15.5. The number of nitrogens with one attached hydrogen (secondary N) is 1. The number of ether oxygens (including phenoxy) is 1. The smallest absolute Gasteiger partial charge is 0.337 e. The van der Waals surface area contributed by atoms with Crippen molar-refractivity contribution in [3.8, 4) is 11.3 Å². The zero-order valence-electron chi connectivity index (χ0n) is 14.6. The molecule has 0 saturated heterocycles. The first kappa shape index (κ1) is 18.7. The van der Waals surface area contributed by atoms with E-state index in [1.54, 1.807) is 23.3 Å². The zero-order valence-corrected chi connectivity index (χ0v) is 15.4. The maximum absolute atomic E-state index is 12.3. The minimum absolute atomic E-state index is 0.0769. The summed E-state index contributed by atoms with van der Waals surface area (Å²) < 4.78 is 33.5. The van der Waals surface area contributed by atoms with Crippen LogP contribution in [0.3, 0.4) is 0 Å². The minimum atomic E-state index is -3.68. The maximum atomic E-state index is 12.3. The van der Waals surface area contributed by atoms with E-state index in [4.69, 9.17) is 0 Å². The standard InChI is InChI=1S/C18H18N4O4S/c1-26-18(23)15-2-4-16(5-3-15)27(24,25)20-11-13-22-12-8-17(21-22)14-6-9-19-10-7-14/h2-10,12,20H,11,13H2,1H3. The monoisotopic (exact) mass is 386 g/mol. The highest BCUT2D eigenvalue weighted by atomic mass is 32.2. The molecule has 2 aromatic heterocycles. The van der Waals surface area contributed by atoms with Crippen LogP contribution in [0.25, 0.3) is 11.3 Å². The van der Waals surface area contributed by atoms with Crippen LogP contribution in [-0.4, -0.2) is 42.8 Å². The molecular formula is C18H18N4O4S. The Labute approximate surface area is 156 Å². The van der Waals surface area contributed by atoms with Crippen molar-refractivity contribution in [1.29, 1.82) is 0 Å². The Kier molecular flexibility index (Phi) is 5.63. The van der Waals surface area contributed by atoms with Gasteiger partial charge < -0.3 is 4.74 Å². The predicted octanol–water partition coefficient (Wildman–Crippen LogP) is 1.71. The number of rotatable bonds is 7. The molecule has 0 spiro atoms. The highest BCUT2D eigenvalue weighted by Gasteiger charge is 2.15. The van der Waals surface area contributed by atoms with Gasteiger partial charge in [0.15, 0.2) is 0 Å². The van der Waals surface area contributed by atoms with Gasteiger partial charge in [-0.15, -0.1) is 0 Å². The summed E-state index contributed by atoms with van der Waals surface area (Å²) in [5.74, 6) is -0.518. The summed E-state index contributed by atoms with van der Waals surface area (Å²) in [7, 11) is -2.41. The Balaban J connectivity index is 1.59. The molecule has 0 fully saturated rings. The number of nitrogens with zero attached hydrogens (tertiary/aromatic N) is 3. The topological polar surface area (TPSA) is 103 Å². The minimum Gasteiger partial charge on any atom is -0.465 e. The summed E-state index contributed by atoms with van der Waals surface area (Å²) in [5, 5.41) is 4.42. The lowest BCUT2D eigenvalue weighted by Crippen LogP contribution is -2.27. The highest BCUT2D eigenvalue weighted by Crippen LogP contribution is 2.15. The molecular weight excluding hydrogens is 368 g/mol.